The highest BCUT2D eigenvalue weighted by Crippen LogP contribution is 2.05. The number of nitrogens with one attached hydrogen (secondary N) is 2. The van der Waals surface area contributed by atoms with E-state index >= 15 is 0 Å². The molecule has 2 atom stereocenters. The van der Waals surface area contributed by atoms with Gasteiger partial charge in [0.05, 0.1) is 12.4 Å². The second-order valence-electron chi connectivity index (χ2n) is 4.76. The molecule has 0 bridgehead atoms. The maximum absolute atomic E-state index is 11.8. The van der Waals surface area contributed by atoms with Crippen molar-refractivity contribution in [1.29, 1.82) is 0 Å². The van der Waals surface area contributed by atoms with E-state index in [4.69, 9.17) is 0 Å². The summed E-state index contributed by atoms with van der Waals surface area (Å²) in [5, 5.41) is 6.20. The minimum atomic E-state index is 0. The molecule has 1 saturated heterocycles. The van der Waals surface area contributed by atoms with Crippen LogP contribution in [0.25, 0.3) is 0 Å². The predicted molar refractivity (Wildman–Crippen MR) is 79.9 cm³/mol. The Morgan fingerprint density at radius 2 is 2.37 bits per heavy atom. The third kappa shape index (κ3) is 5.80. The number of amides is 1. The van der Waals surface area contributed by atoms with Crippen molar-refractivity contribution in [2.45, 2.75) is 32.4 Å². The van der Waals surface area contributed by atoms with Gasteiger partial charge in [0.1, 0.15) is 0 Å². The molecule has 110 valence electrons. The first-order chi connectivity index (χ1) is 8.25. The standard InChI is InChI=1S/C12H20N4O.2ClH/c1-10(8-16-6-5-13-9-16)7-15-12(17)11-3-2-4-14-11;;/h5-6,9-11,14H,2-4,7-8H2,1H3,(H,15,17);2*1H/t10?,11-;;/m0../s1. The van der Waals surface area contributed by atoms with Crippen LogP contribution in [-0.4, -0.2) is 34.6 Å². The zero-order valence-corrected chi connectivity index (χ0v) is 12.7. The van der Waals surface area contributed by atoms with Crippen molar-refractivity contribution in [2.75, 3.05) is 13.1 Å². The lowest BCUT2D eigenvalue weighted by Gasteiger charge is -2.15. The van der Waals surface area contributed by atoms with Crippen molar-refractivity contribution in [3.63, 3.8) is 0 Å². The molecule has 1 amide bonds. The maximum Gasteiger partial charge on any atom is 0.237 e. The molecule has 5 nitrogen and oxygen atoms in total. The summed E-state index contributed by atoms with van der Waals surface area (Å²) < 4.78 is 2.03. The fraction of sp³-hybridized carbons (Fsp3) is 0.667. The molecule has 2 heterocycles. The van der Waals surface area contributed by atoms with Gasteiger partial charge in [-0.2, -0.15) is 0 Å². The largest absolute Gasteiger partial charge is 0.354 e. The Bertz CT molecular complexity index is 353. The van der Waals surface area contributed by atoms with Gasteiger partial charge >= 0.3 is 0 Å². The van der Waals surface area contributed by atoms with Gasteiger partial charge in [0.2, 0.25) is 5.91 Å². The normalized spacial score (nSPS) is 19.1. The van der Waals surface area contributed by atoms with E-state index < -0.39 is 0 Å². The van der Waals surface area contributed by atoms with Crippen molar-refractivity contribution in [2.24, 2.45) is 5.92 Å². The summed E-state index contributed by atoms with van der Waals surface area (Å²) in [6, 6.07) is 0.0236. The van der Waals surface area contributed by atoms with E-state index in [9.17, 15) is 4.79 Å². The summed E-state index contributed by atoms with van der Waals surface area (Å²) >= 11 is 0. The molecule has 0 radical (unpaired) electrons. The average Bonchev–Trinajstić information content (AvgIpc) is 2.97. The second kappa shape index (κ2) is 9.18. The highest BCUT2D eigenvalue weighted by molar-refractivity contribution is 5.85. The molecule has 0 aromatic carbocycles. The Morgan fingerprint density at radius 1 is 1.58 bits per heavy atom. The molecule has 1 aliphatic heterocycles. The molecule has 1 aromatic heterocycles. The van der Waals surface area contributed by atoms with Crippen LogP contribution in [-0.2, 0) is 11.3 Å². The molecule has 2 N–H and O–H groups in total. The van der Waals surface area contributed by atoms with Crippen molar-refractivity contribution < 1.29 is 4.79 Å². The number of carbonyl (C=O) groups excluding carboxylic acids is 1. The number of carbonyl (C=O) groups is 1. The van der Waals surface area contributed by atoms with Crippen LogP contribution in [0, 0.1) is 5.92 Å². The van der Waals surface area contributed by atoms with Gasteiger partial charge in [-0.05, 0) is 25.3 Å². The lowest BCUT2D eigenvalue weighted by atomic mass is 10.1. The molecule has 1 aromatic rings. The Kier molecular flexibility index (Phi) is 8.80. The fourth-order valence-electron chi connectivity index (χ4n) is 2.13. The number of hydrogen-bond acceptors (Lipinski definition) is 3. The molecule has 19 heavy (non-hydrogen) atoms. The lowest BCUT2D eigenvalue weighted by Crippen LogP contribution is -2.42. The summed E-state index contributed by atoms with van der Waals surface area (Å²) in [5.41, 5.74) is 0. The quantitative estimate of drug-likeness (QED) is 0.860. The number of nitrogens with zero attached hydrogens (tertiary/aromatic N) is 2. The zero-order valence-electron chi connectivity index (χ0n) is 11.0. The zero-order chi connectivity index (χ0) is 12.1. The molecule has 2 rings (SSSR count). The molecule has 1 aliphatic rings. The molecule has 0 aliphatic carbocycles. The van der Waals surface area contributed by atoms with E-state index in [1.54, 1.807) is 12.5 Å². The van der Waals surface area contributed by atoms with Crippen LogP contribution in [0.2, 0.25) is 0 Å². The van der Waals surface area contributed by atoms with E-state index in [2.05, 4.69) is 22.5 Å². The van der Waals surface area contributed by atoms with Gasteiger partial charge in [0.25, 0.3) is 0 Å². The molecule has 1 fully saturated rings. The van der Waals surface area contributed by atoms with Crippen LogP contribution in [0.4, 0.5) is 0 Å². The monoisotopic (exact) mass is 308 g/mol. The minimum absolute atomic E-state index is 0. The third-order valence-electron chi connectivity index (χ3n) is 3.08. The summed E-state index contributed by atoms with van der Waals surface area (Å²) in [7, 11) is 0. The Morgan fingerprint density at radius 3 is 2.95 bits per heavy atom. The molecular weight excluding hydrogens is 287 g/mol. The Hall–Kier alpha value is -0.780. The van der Waals surface area contributed by atoms with E-state index in [1.807, 2.05) is 10.8 Å². The van der Waals surface area contributed by atoms with Crippen LogP contribution in [0.1, 0.15) is 19.8 Å². The van der Waals surface area contributed by atoms with Crippen molar-refractivity contribution in [3.8, 4) is 0 Å². The summed E-state index contributed by atoms with van der Waals surface area (Å²) in [4.78, 5) is 15.8. The molecule has 7 heteroatoms. The number of halogens is 2. The van der Waals surface area contributed by atoms with Crippen LogP contribution in [0.3, 0.4) is 0 Å². The van der Waals surface area contributed by atoms with Gasteiger partial charge < -0.3 is 15.2 Å². The smallest absolute Gasteiger partial charge is 0.237 e. The highest BCUT2D eigenvalue weighted by atomic mass is 35.5. The predicted octanol–water partition coefficient (Wildman–Crippen LogP) is 1.23. The summed E-state index contributed by atoms with van der Waals surface area (Å²) in [6.07, 6.45) is 7.58. The highest BCUT2D eigenvalue weighted by Gasteiger charge is 2.21. The number of rotatable bonds is 5. The number of imidazole rings is 1. The Balaban J connectivity index is 0.00000162. The first-order valence-corrected chi connectivity index (χ1v) is 6.22. The SMILES string of the molecule is CC(CNC(=O)[C@@H]1CCCN1)Cn1ccnc1.Cl.Cl. The van der Waals surface area contributed by atoms with Crippen LogP contribution in [0.15, 0.2) is 18.7 Å². The van der Waals surface area contributed by atoms with Crippen LogP contribution < -0.4 is 10.6 Å². The summed E-state index contributed by atoms with van der Waals surface area (Å²) in [5.74, 6) is 0.550. The maximum atomic E-state index is 11.8. The van der Waals surface area contributed by atoms with Gasteiger partial charge in [-0.15, -0.1) is 24.8 Å². The number of hydrogen-bond donors (Lipinski definition) is 2. The minimum Gasteiger partial charge on any atom is -0.354 e. The van der Waals surface area contributed by atoms with Gasteiger partial charge in [-0.1, -0.05) is 6.92 Å². The molecular formula is C12H22Cl2N4O. The van der Waals surface area contributed by atoms with Crippen LogP contribution in [0.5, 0.6) is 0 Å². The van der Waals surface area contributed by atoms with E-state index in [0.717, 1.165) is 32.5 Å². The molecule has 0 saturated carbocycles. The van der Waals surface area contributed by atoms with Gasteiger partial charge in [0, 0.05) is 25.5 Å². The average molecular weight is 309 g/mol. The first-order valence-electron chi connectivity index (χ1n) is 6.22. The van der Waals surface area contributed by atoms with Crippen LogP contribution >= 0.6 is 24.8 Å². The fourth-order valence-corrected chi connectivity index (χ4v) is 2.13. The van der Waals surface area contributed by atoms with Gasteiger partial charge in [0.15, 0.2) is 0 Å². The number of aromatic nitrogens is 2. The Labute approximate surface area is 126 Å². The molecule has 1 unspecified atom stereocenters. The topological polar surface area (TPSA) is 59.0 Å². The molecule has 0 spiro atoms. The van der Waals surface area contributed by atoms with Crippen molar-refractivity contribution >= 4 is 30.7 Å². The second-order valence-corrected chi connectivity index (χ2v) is 4.76. The van der Waals surface area contributed by atoms with Crippen molar-refractivity contribution in [3.05, 3.63) is 18.7 Å². The van der Waals surface area contributed by atoms with E-state index in [0.29, 0.717) is 5.92 Å². The summed E-state index contributed by atoms with van der Waals surface area (Å²) in [6.45, 7) is 4.69. The van der Waals surface area contributed by atoms with E-state index in [1.165, 1.54) is 0 Å². The third-order valence-corrected chi connectivity index (χ3v) is 3.08. The lowest BCUT2D eigenvalue weighted by molar-refractivity contribution is -0.122. The van der Waals surface area contributed by atoms with E-state index in [-0.39, 0.29) is 36.8 Å². The first kappa shape index (κ1) is 18.2. The van der Waals surface area contributed by atoms with Gasteiger partial charge in [-0.3, -0.25) is 4.79 Å². The van der Waals surface area contributed by atoms with Crippen molar-refractivity contribution in [1.82, 2.24) is 20.2 Å². The van der Waals surface area contributed by atoms with Gasteiger partial charge in [-0.25, -0.2) is 4.98 Å².